The number of ether oxygens (including phenoxy) is 2. The van der Waals surface area contributed by atoms with Crippen molar-refractivity contribution in [3.8, 4) is 5.75 Å². The second kappa shape index (κ2) is 12.5. The van der Waals surface area contributed by atoms with E-state index in [2.05, 4.69) is 10.2 Å². The molecule has 0 saturated carbocycles. The Labute approximate surface area is 202 Å². The Hall–Kier alpha value is -2.21. The number of piperazine rings is 1. The van der Waals surface area contributed by atoms with Crippen LogP contribution < -0.4 is 10.1 Å². The summed E-state index contributed by atoms with van der Waals surface area (Å²) in [6, 6.07) is 6.36. The van der Waals surface area contributed by atoms with Crippen molar-refractivity contribution in [3.63, 3.8) is 0 Å². The first-order valence-electron chi connectivity index (χ1n) is 11.8. The number of hydrogen-bond acceptors (Lipinski definition) is 7. The average molecular weight is 497 g/mol. The third-order valence-corrected chi connectivity index (χ3v) is 8.31. The van der Waals surface area contributed by atoms with E-state index in [9.17, 15) is 18.0 Å². The predicted molar refractivity (Wildman–Crippen MR) is 127 cm³/mol. The topological polar surface area (TPSA) is 108 Å². The standard InChI is InChI=1S/C23H36N4O6S/c1-32-17-3-10-24-22(28)18-25-13-15-26(16-14-25)23(29)19-8-11-27(12-9-19)34(30,31)21-6-4-20(33-2)5-7-21/h4-7,19H,3,8-18H2,1-2H3,(H,24,28). The van der Waals surface area contributed by atoms with Gasteiger partial charge in [0.15, 0.2) is 0 Å². The van der Waals surface area contributed by atoms with E-state index in [0.29, 0.717) is 77.6 Å². The first-order chi connectivity index (χ1) is 16.3. The highest BCUT2D eigenvalue weighted by Crippen LogP contribution is 2.26. The molecule has 2 aliphatic heterocycles. The average Bonchev–Trinajstić information content (AvgIpc) is 2.87. The number of hydrogen-bond donors (Lipinski definition) is 1. The number of amides is 2. The van der Waals surface area contributed by atoms with Gasteiger partial charge < -0.3 is 19.7 Å². The zero-order valence-electron chi connectivity index (χ0n) is 20.1. The molecule has 2 saturated heterocycles. The minimum atomic E-state index is -3.59. The summed E-state index contributed by atoms with van der Waals surface area (Å²) in [5.41, 5.74) is 0. The Bertz CT molecular complexity index is 908. The molecule has 0 radical (unpaired) electrons. The van der Waals surface area contributed by atoms with Crippen LogP contribution in [0.2, 0.25) is 0 Å². The molecule has 0 aromatic heterocycles. The van der Waals surface area contributed by atoms with Crippen LogP contribution >= 0.6 is 0 Å². The predicted octanol–water partition coefficient (Wildman–Crippen LogP) is 0.393. The van der Waals surface area contributed by atoms with E-state index in [0.717, 1.165) is 6.42 Å². The fourth-order valence-electron chi connectivity index (χ4n) is 4.33. The van der Waals surface area contributed by atoms with Crippen molar-refractivity contribution in [2.45, 2.75) is 24.2 Å². The van der Waals surface area contributed by atoms with Crippen LogP contribution in [0.25, 0.3) is 0 Å². The molecular formula is C23H36N4O6S. The van der Waals surface area contributed by atoms with E-state index in [1.165, 1.54) is 11.4 Å². The van der Waals surface area contributed by atoms with Crippen molar-refractivity contribution in [1.29, 1.82) is 0 Å². The van der Waals surface area contributed by atoms with Crippen LogP contribution in [0, 0.1) is 5.92 Å². The monoisotopic (exact) mass is 496 g/mol. The largest absolute Gasteiger partial charge is 0.497 e. The number of methoxy groups -OCH3 is 2. The zero-order valence-corrected chi connectivity index (χ0v) is 20.9. The number of benzene rings is 1. The first-order valence-corrected chi connectivity index (χ1v) is 13.2. The quantitative estimate of drug-likeness (QED) is 0.467. The van der Waals surface area contributed by atoms with E-state index in [4.69, 9.17) is 9.47 Å². The van der Waals surface area contributed by atoms with Crippen LogP contribution in [0.4, 0.5) is 0 Å². The molecule has 2 heterocycles. The van der Waals surface area contributed by atoms with Gasteiger partial charge in [-0.15, -0.1) is 0 Å². The van der Waals surface area contributed by atoms with Gasteiger partial charge in [-0.3, -0.25) is 14.5 Å². The number of nitrogens with zero attached hydrogens (tertiary/aromatic N) is 3. The highest BCUT2D eigenvalue weighted by molar-refractivity contribution is 7.89. The summed E-state index contributed by atoms with van der Waals surface area (Å²) in [5.74, 6) is 0.510. The Kier molecular flexibility index (Phi) is 9.69. The Morgan fingerprint density at radius 1 is 1.00 bits per heavy atom. The van der Waals surface area contributed by atoms with Gasteiger partial charge in [0.1, 0.15) is 5.75 Å². The molecule has 0 bridgehead atoms. The van der Waals surface area contributed by atoms with Gasteiger partial charge in [-0.25, -0.2) is 8.42 Å². The van der Waals surface area contributed by atoms with Crippen molar-refractivity contribution in [1.82, 2.24) is 19.4 Å². The second-order valence-corrected chi connectivity index (χ2v) is 10.6. The number of sulfonamides is 1. The lowest BCUT2D eigenvalue weighted by Crippen LogP contribution is -2.53. The van der Waals surface area contributed by atoms with E-state index < -0.39 is 10.0 Å². The lowest BCUT2D eigenvalue weighted by molar-refractivity contribution is -0.138. The van der Waals surface area contributed by atoms with E-state index in [1.54, 1.807) is 31.4 Å². The molecule has 11 heteroatoms. The zero-order chi connectivity index (χ0) is 24.6. The van der Waals surface area contributed by atoms with Crippen molar-refractivity contribution < 1.29 is 27.5 Å². The fraction of sp³-hybridized carbons (Fsp3) is 0.652. The summed E-state index contributed by atoms with van der Waals surface area (Å²) >= 11 is 0. The Morgan fingerprint density at radius 2 is 1.65 bits per heavy atom. The maximum absolute atomic E-state index is 13.0. The van der Waals surface area contributed by atoms with Crippen molar-refractivity contribution in [2.24, 2.45) is 5.92 Å². The van der Waals surface area contributed by atoms with Crippen LogP contribution in [0.5, 0.6) is 5.75 Å². The normalized spacial score (nSPS) is 18.6. The first kappa shape index (κ1) is 26.4. The van der Waals surface area contributed by atoms with E-state index >= 15 is 0 Å². The Morgan fingerprint density at radius 3 is 2.24 bits per heavy atom. The maximum Gasteiger partial charge on any atom is 0.243 e. The van der Waals surface area contributed by atoms with Gasteiger partial charge >= 0.3 is 0 Å². The molecule has 2 aliphatic rings. The SMILES string of the molecule is COCCCNC(=O)CN1CCN(C(=O)C2CCN(S(=O)(=O)c3ccc(OC)cc3)CC2)CC1. The molecule has 1 aromatic rings. The molecule has 0 unspecified atom stereocenters. The molecule has 1 N–H and O–H groups in total. The number of rotatable bonds is 10. The molecule has 190 valence electrons. The fourth-order valence-corrected chi connectivity index (χ4v) is 5.80. The van der Waals surface area contributed by atoms with Crippen LogP contribution in [-0.4, -0.2) is 108 Å². The molecular weight excluding hydrogens is 460 g/mol. The lowest BCUT2D eigenvalue weighted by atomic mass is 9.96. The number of carbonyl (C=O) groups is 2. The number of piperidine rings is 1. The maximum atomic E-state index is 13.0. The molecule has 0 spiro atoms. The van der Waals surface area contributed by atoms with Gasteiger partial charge in [-0.2, -0.15) is 4.31 Å². The number of carbonyl (C=O) groups excluding carboxylic acids is 2. The van der Waals surface area contributed by atoms with E-state index in [1.807, 2.05) is 4.90 Å². The second-order valence-electron chi connectivity index (χ2n) is 8.65. The van der Waals surface area contributed by atoms with Crippen LogP contribution in [0.3, 0.4) is 0 Å². The molecule has 0 atom stereocenters. The van der Waals surface area contributed by atoms with Crippen LogP contribution in [0.1, 0.15) is 19.3 Å². The molecule has 3 rings (SSSR count). The van der Waals surface area contributed by atoms with Gasteiger partial charge in [0.25, 0.3) is 0 Å². The number of nitrogens with one attached hydrogen (secondary N) is 1. The Balaban J connectivity index is 1.42. The van der Waals surface area contributed by atoms with Crippen molar-refractivity contribution in [3.05, 3.63) is 24.3 Å². The molecule has 2 amide bonds. The summed E-state index contributed by atoms with van der Waals surface area (Å²) in [5, 5.41) is 2.88. The van der Waals surface area contributed by atoms with Gasteiger partial charge in [0, 0.05) is 65.4 Å². The molecule has 10 nitrogen and oxygen atoms in total. The van der Waals surface area contributed by atoms with Crippen molar-refractivity contribution in [2.75, 3.05) is 73.2 Å². The van der Waals surface area contributed by atoms with Gasteiger partial charge in [0.05, 0.1) is 18.6 Å². The highest BCUT2D eigenvalue weighted by atomic mass is 32.2. The summed E-state index contributed by atoms with van der Waals surface area (Å²) in [4.78, 5) is 29.2. The van der Waals surface area contributed by atoms with Gasteiger partial charge in [-0.05, 0) is 43.5 Å². The van der Waals surface area contributed by atoms with Crippen LogP contribution in [-0.2, 0) is 24.3 Å². The molecule has 0 aliphatic carbocycles. The third kappa shape index (κ3) is 6.91. The summed E-state index contributed by atoms with van der Waals surface area (Å²) in [6.07, 6.45) is 1.81. The lowest BCUT2D eigenvalue weighted by Gasteiger charge is -2.38. The molecule has 2 fully saturated rings. The molecule has 1 aromatic carbocycles. The minimum Gasteiger partial charge on any atom is -0.497 e. The van der Waals surface area contributed by atoms with E-state index in [-0.39, 0.29) is 22.6 Å². The summed E-state index contributed by atoms with van der Waals surface area (Å²) in [6.45, 7) is 4.67. The smallest absolute Gasteiger partial charge is 0.243 e. The van der Waals surface area contributed by atoms with Crippen LogP contribution in [0.15, 0.2) is 29.2 Å². The van der Waals surface area contributed by atoms with Crippen molar-refractivity contribution >= 4 is 21.8 Å². The van der Waals surface area contributed by atoms with Gasteiger partial charge in [-0.1, -0.05) is 0 Å². The highest BCUT2D eigenvalue weighted by Gasteiger charge is 2.34. The molecule has 34 heavy (non-hydrogen) atoms. The minimum absolute atomic E-state index is 0.0127. The van der Waals surface area contributed by atoms with Gasteiger partial charge in [0.2, 0.25) is 21.8 Å². The summed E-state index contributed by atoms with van der Waals surface area (Å²) in [7, 11) is -0.418. The third-order valence-electron chi connectivity index (χ3n) is 6.40. The summed E-state index contributed by atoms with van der Waals surface area (Å²) < 4.78 is 37.4.